The summed E-state index contributed by atoms with van der Waals surface area (Å²) in [4.78, 5) is 30.1. The fourth-order valence-corrected chi connectivity index (χ4v) is 3.24. The Kier molecular flexibility index (Phi) is 4.24. The number of hydrogen-bond donors (Lipinski definition) is 0. The Balaban J connectivity index is 1.81. The number of aromatic nitrogens is 3. The van der Waals surface area contributed by atoms with Crippen molar-refractivity contribution in [1.82, 2.24) is 14.2 Å². The molecule has 0 radical (unpaired) electrons. The third-order valence-corrected chi connectivity index (χ3v) is 4.71. The van der Waals surface area contributed by atoms with E-state index in [4.69, 9.17) is 0 Å². The summed E-state index contributed by atoms with van der Waals surface area (Å²) < 4.78 is 3.17. The highest BCUT2D eigenvalue weighted by molar-refractivity contribution is 5.91. The molecule has 0 aliphatic rings. The first kappa shape index (κ1) is 17.0. The first-order valence-electron chi connectivity index (χ1n) is 8.82. The fraction of sp³-hybridized carbons (Fsp3) is 0.190. The van der Waals surface area contributed by atoms with E-state index in [9.17, 15) is 9.59 Å². The maximum absolute atomic E-state index is 12.9. The number of pyridine rings is 3. The van der Waals surface area contributed by atoms with E-state index in [1.165, 1.54) is 10.2 Å². The molecule has 0 saturated carbocycles. The number of benzene rings is 1. The zero-order chi connectivity index (χ0) is 19.0. The van der Waals surface area contributed by atoms with E-state index < -0.39 is 0 Å². The molecule has 0 aliphatic carbocycles. The average molecular weight is 360 g/mol. The van der Waals surface area contributed by atoms with Gasteiger partial charge < -0.3 is 9.58 Å². The van der Waals surface area contributed by atoms with Crippen LogP contribution >= 0.6 is 0 Å². The summed E-state index contributed by atoms with van der Waals surface area (Å²) in [6.45, 7) is 0.577. The summed E-state index contributed by atoms with van der Waals surface area (Å²) >= 11 is 0. The van der Waals surface area contributed by atoms with Gasteiger partial charge >= 0.3 is 0 Å². The van der Waals surface area contributed by atoms with Gasteiger partial charge in [-0.05, 0) is 30.2 Å². The van der Waals surface area contributed by atoms with Crippen molar-refractivity contribution in [2.45, 2.75) is 13.0 Å². The van der Waals surface area contributed by atoms with E-state index in [0.717, 1.165) is 6.42 Å². The molecule has 27 heavy (non-hydrogen) atoms. The molecule has 4 rings (SSSR count). The predicted octanol–water partition coefficient (Wildman–Crippen LogP) is 2.15. The number of rotatable bonds is 4. The summed E-state index contributed by atoms with van der Waals surface area (Å²) in [6, 6.07) is 15.3. The van der Waals surface area contributed by atoms with Crippen molar-refractivity contribution in [3.63, 3.8) is 0 Å². The first-order valence-corrected chi connectivity index (χ1v) is 8.82. The Labute approximate surface area is 155 Å². The second kappa shape index (κ2) is 6.72. The van der Waals surface area contributed by atoms with Crippen LogP contribution in [0.2, 0.25) is 0 Å². The molecular formula is C21H20N4O2. The summed E-state index contributed by atoms with van der Waals surface area (Å²) in [6.07, 6.45) is 4.22. The normalized spacial score (nSPS) is 11.2. The lowest BCUT2D eigenvalue weighted by molar-refractivity contribution is 0.675. The minimum Gasteiger partial charge on any atom is -0.316 e. The molecule has 6 nitrogen and oxygen atoms in total. The number of aryl methyl sites for hydroxylation is 2. The Bertz CT molecular complexity index is 1240. The van der Waals surface area contributed by atoms with Gasteiger partial charge in [0.05, 0.1) is 21.8 Å². The third-order valence-electron chi connectivity index (χ3n) is 4.71. The molecular weight excluding hydrogens is 340 g/mol. The Morgan fingerprint density at radius 2 is 1.56 bits per heavy atom. The Hall–Kier alpha value is -3.41. The van der Waals surface area contributed by atoms with Crippen LogP contribution in [0.3, 0.4) is 0 Å². The topological polar surface area (TPSA) is 60.1 Å². The largest absolute Gasteiger partial charge is 0.316 e. The molecule has 6 heteroatoms. The first-order chi connectivity index (χ1) is 13.0. The summed E-state index contributed by atoms with van der Waals surface area (Å²) in [5.41, 5.74) is 2.05. The van der Waals surface area contributed by atoms with Gasteiger partial charge in [0.15, 0.2) is 0 Å². The van der Waals surface area contributed by atoms with Crippen molar-refractivity contribution in [2.24, 2.45) is 0 Å². The van der Waals surface area contributed by atoms with Gasteiger partial charge in [0, 0.05) is 33.0 Å². The molecule has 0 N–H and O–H groups in total. The monoisotopic (exact) mass is 360 g/mol. The molecule has 136 valence electrons. The van der Waals surface area contributed by atoms with Crippen LogP contribution in [-0.2, 0) is 13.0 Å². The lowest BCUT2D eigenvalue weighted by Crippen LogP contribution is -2.35. The van der Waals surface area contributed by atoms with Crippen LogP contribution in [-0.4, -0.2) is 28.3 Å². The smallest absolute Gasteiger partial charge is 0.278 e. The molecule has 3 aromatic heterocycles. The van der Waals surface area contributed by atoms with Gasteiger partial charge in [-0.1, -0.05) is 30.3 Å². The minimum absolute atomic E-state index is 0.127. The highest BCUT2D eigenvalue weighted by Gasteiger charge is 2.10. The van der Waals surface area contributed by atoms with Gasteiger partial charge in [-0.25, -0.2) is 9.66 Å². The third kappa shape index (κ3) is 3.10. The molecule has 3 heterocycles. The van der Waals surface area contributed by atoms with Crippen LogP contribution in [0.4, 0.5) is 0 Å². The summed E-state index contributed by atoms with van der Waals surface area (Å²) in [7, 11) is 3.58. The molecule has 0 saturated heterocycles. The van der Waals surface area contributed by atoms with Crippen LogP contribution < -0.4 is 16.1 Å². The van der Waals surface area contributed by atoms with Crippen molar-refractivity contribution in [3.8, 4) is 0 Å². The quantitative estimate of drug-likeness (QED) is 0.523. The van der Waals surface area contributed by atoms with E-state index in [0.29, 0.717) is 28.4 Å². The second-order valence-electron chi connectivity index (χ2n) is 6.72. The zero-order valence-corrected chi connectivity index (χ0v) is 15.3. The van der Waals surface area contributed by atoms with Crippen molar-refractivity contribution in [2.75, 3.05) is 19.1 Å². The number of fused-ring (bicyclic) bond motifs is 2. The zero-order valence-electron chi connectivity index (χ0n) is 15.3. The van der Waals surface area contributed by atoms with Gasteiger partial charge in [0.1, 0.15) is 0 Å². The van der Waals surface area contributed by atoms with E-state index in [-0.39, 0.29) is 11.1 Å². The molecule has 0 spiro atoms. The van der Waals surface area contributed by atoms with E-state index in [1.54, 1.807) is 48.2 Å². The van der Waals surface area contributed by atoms with Crippen LogP contribution in [0.5, 0.6) is 0 Å². The molecule has 0 atom stereocenters. The maximum atomic E-state index is 12.9. The molecule has 0 aliphatic heterocycles. The molecule has 0 fully saturated rings. The molecule has 0 unspecified atom stereocenters. The molecule has 4 aromatic rings. The lowest BCUT2D eigenvalue weighted by Gasteiger charge is -2.16. The fourth-order valence-electron chi connectivity index (χ4n) is 3.24. The van der Waals surface area contributed by atoms with Crippen LogP contribution in [0.1, 0.15) is 5.56 Å². The summed E-state index contributed by atoms with van der Waals surface area (Å²) in [5, 5.41) is 2.60. The van der Waals surface area contributed by atoms with E-state index >= 15 is 0 Å². The number of hydrogen-bond acceptors (Lipinski definition) is 4. The van der Waals surface area contributed by atoms with E-state index in [1.807, 2.05) is 36.4 Å². The van der Waals surface area contributed by atoms with Gasteiger partial charge in [-0.3, -0.25) is 9.59 Å². The minimum atomic E-state index is -0.189. The van der Waals surface area contributed by atoms with Crippen molar-refractivity contribution >= 4 is 21.8 Å². The van der Waals surface area contributed by atoms with Crippen molar-refractivity contribution < 1.29 is 0 Å². The second-order valence-corrected chi connectivity index (χ2v) is 6.72. The van der Waals surface area contributed by atoms with Gasteiger partial charge in [0.25, 0.3) is 11.1 Å². The summed E-state index contributed by atoms with van der Waals surface area (Å²) in [5.74, 6) is 0. The van der Waals surface area contributed by atoms with Gasteiger partial charge in [-0.15, -0.1) is 0 Å². The lowest BCUT2D eigenvalue weighted by atomic mass is 10.1. The van der Waals surface area contributed by atoms with Crippen LogP contribution in [0.15, 0.2) is 70.5 Å². The molecule has 0 amide bonds. The van der Waals surface area contributed by atoms with Gasteiger partial charge in [0.2, 0.25) is 0 Å². The SMILES string of the molecule is CN(C)n1ccc2nc3ccn(CCc4ccccc4)c(=O)c3cc2c1=O. The van der Waals surface area contributed by atoms with Crippen molar-refractivity contribution in [1.29, 1.82) is 0 Å². The predicted molar refractivity (Wildman–Crippen MR) is 108 cm³/mol. The molecule has 0 bridgehead atoms. The van der Waals surface area contributed by atoms with E-state index in [2.05, 4.69) is 4.98 Å². The average Bonchev–Trinajstić information content (AvgIpc) is 2.67. The highest BCUT2D eigenvalue weighted by atomic mass is 16.1. The van der Waals surface area contributed by atoms with Crippen molar-refractivity contribution in [3.05, 3.63) is 87.2 Å². The Morgan fingerprint density at radius 3 is 2.26 bits per heavy atom. The highest BCUT2D eigenvalue weighted by Crippen LogP contribution is 2.14. The Morgan fingerprint density at radius 1 is 0.889 bits per heavy atom. The van der Waals surface area contributed by atoms with Gasteiger partial charge in [-0.2, -0.15) is 0 Å². The number of nitrogens with zero attached hydrogens (tertiary/aromatic N) is 4. The maximum Gasteiger partial charge on any atom is 0.278 e. The standard InChI is InChI=1S/C21H20N4O2/c1-23(2)25-13-10-19-17(21(25)27)14-16-18(22-19)9-12-24(20(16)26)11-8-15-6-4-3-5-7-15/h3-7,9-10,12-14H,8,11H2,1-2H3. The van der Waals surface area contributed by atoms with Crippen LogP contribution in [0.25, 0.3) is 21.8 Å². The van der Waals surface area contributed by atoms with Crippen LogP contribution in [0, 0.1) is 0 Å². The molecule has 1 aromatic carbocycles.